The maximum atomic E-state index is 12.7. The normalized spacial score (nSPS) is 19.1. The third-order valence-electron chi connectivity index (χ3n) is 4.02. The highest BCUT2D eigenvalue weighted by molar-refractivity contribution is 6.11. The predicted molar refractivity (Wildman–Crippen MR) is 78.6 cm³/mol. The molecule has 5 nitrogen and oxygen atoms in total. The molecule has 0 unspecified atom stereocenters. The van der Waals surface area contributed by atoms with Crippen LogP contribution < -0.4 is 11.1 Å². The molecule has 108 valence electrons. The van der Waals surface area contributed by atoms with Gasteiger partial charge in [-0.05, 0) is 25.0 Å². The van der Waals surface area contributed by atoms with Crippen molar-refractivity contribution >= 4 is 17.4 Å². The van der Waals surface area contributed by atoms with Gasteiger partial charge in [-0.25, -0.2) is 0 Å². The van der Waals surface area contributed by atoms with Crippen molar-refractivity contribution in [1.82, 2.24) is 0 Å². The second-order valence-electron chi connectivity index (χ2n) is 5.30. The van der Waals surface area contributed by atoms with Crippen LogP contribution in [0.2, 0.25) is 0 Å². The minimum Gasteiger partial charge on any atom is -0.409 e. The van der Waals surface area contributed by atoms with E-state index in [0.29, 0.717) is 12.8 Å². The number of para-hydroxylation sites is 1. The first kappa shape index (κ1) is 14.4. The van der Waals surface area contributed by atoms with E-state index < -0.39 is 5.41 Å². The molecule has 1 aromatic rings. The second-order valence-corrected chi connectivity index (χ2v) is 5.30. The van der Waals surface area contributed by atoms with E-state index in [-0.39, 0.29) is 11.7 Å². The molecule has 0 aromatic heterocycles. The van der Waals surface area contributed by atoms with Crippen LogP contribution in [-0.2, 0) is 4.79 Å². The number of hydrogen-bond donors (Lipinski definition) is 3. The molecule has 20 heavy (non-hydrogen) atoms. The van der Waals surface area contributed by atoms with Crippen LogP contribution in [0.3, 0.4) is 0 Å². The lowest BCUT2D eigenvalue weighted by molar-refractivity contribution is -0.123. The summed E-state index contributed by atoms with van der Waals surface area (Å²) in [5.74, 6) is -0.159. The Morgan fingerprint density at radius 2 is 1.75 bits per heavy atom. The summed E-state index contributed by atoms with van der Waals surface area (Å²) in [7, 11) is 0. The van der Waals surface area contributed by atoms with Gasteiger partial charge in [0.25, 0.3) is 0 Å². The number of nitrogens with zero attached hydrogens (tertiary/aromatic N) is 1. The fourth-order valence-corrected chi connectivity index (χ4v) is 2.80. The number of carbonyl (C=O) groups excluding carboxylic acids is 1. The van der Waals surface area contributed by atoms with Gasteiger partial charge in [-0.2, -0.15) is 0 Å². The van der Waals surface area contributed by atoms with E-state index in [1.807, 2.05) is 30.3 Å². The molecule has 0 saturated heterocycles. The van der Waals surface area contributed by atoms with E-state index >= 15 is 0 Å². The number of oxime groups is 1. The van der Waals surface area contributed by atoms with E-state index in [1.54, 1.807) is 0 Å². The number of carbonyl (C=O) groups is 1. The van der Waals surface area contributed by atoms with Gasteiger partial charge in [-0.3, -0.25) is 4.79 Å². The van der Waals surface area contributed by atoms with Gasteiger partial charge in [0.15, 0.2) is 5.84 Å². The summed E-state index contributed by atoms with van der Waals surface area (Å²) in [5, 5.41) is 15.0. The molecule has 0 bridgehead atoms. The Labute approximate surface area is 118 Å². The molecule has 1 aliphatic carbocycles. The summed E-state index contributed by atoms with van der Waals surface area (Å²) in [6.07, 6.45) is 5.25. The molecule has 1 saturated carbocycles. The Morgan fingerprint density at radius 1 is 1.15 bits per heavy atom. The standard InChI is InChI=1S/C15H21N3O2/c16-13(18-20)15(10-6-1-2-7-11-15)14(19)17-12-8-4-3-5-9-12/h3-5,8-9,20H,1-2,6-7,10-11H2,(H2,16,18)(H,17,19). The molecule has 1 fully saturated rings. The van der Waals surface area contributed by atoms with Crippen LogP contribution in [-0.4, -0.2) is 17.0 Å². The van der Waals surface area contributed by atoms with E-state index in [0.717, 1.165) is 31.4 Å². The first-order valence-corrected chi connectivity index (χ1v) is 7.03. The highest BCUT2D eigenvalue weighted by atomic mass is 16.4. The summed E-state index contributed by atoms with van der Waals surface area (Å²) in [5.41, 5.74) is 5.69. The molecule has 0 radical (unpaired) electrons. The van der Waals surface area contributed by atoms with Crippen molar-refractivity contribution in [2.45, 2.75) is 38.5 Å². The van der Waals surface area contributed by atoms with Crippen molar-refractivity contribution in [1.29, 1.82) is 0 Å². The molecule has 2 rings (SSSR count). The topological polar surface area (TPSA) is 87.7 Å². The first-order valence-electron chi connectivity index (χ1n) is 7.03. The van der Waals surface area contributed by atoms with Gasteiger partial charge in [0.2, 0.25) is 5.91 Å². The van der Waals surface area contributed by atoms with Gasteiger partial charge in [0.05, 0.1) is 0 Å². The molecule has 4 N–H and O–H groups in total. The number of nitrogens with one attached hydrogen (secondary N) is 1. The Hall–Kier alpha value is -2.04. The van der Waals surface area contributed by atoms with E-state index in [4.69, 9.17) is 10.9 Å². The van der Waals surface area contributed by atoms with Gasteiger partial charge in [0, 0.05) is 5.69 Å². The Bertz CT molecular complexity index is 477. The van der Waals surface area contributed by atoms with Gasteiger partial charge in [0.1, 0.15) is 5.41 Å². The first-order chi connectivity index (χ1) is 9.69. The molecule has 0 spiro atoms. The van der Waals surface area contributed by atoms with Crippen molar-refractivity contribution in [3.8, 4) is 0 Å². The monoisotopic (exact) mass is 275 g/mol. The predicted octanol–water partition coefficient (Wildman–Crippen LogP) is 2.71. The zero-order chi connectivity index (χ0) is 14.4. The molecule has 0 heterocycles. The van der Waals surface area contributed by atoms with E-state index in [2.05, 4.69) is 10.5 Å². The molecule has 0 aliphatic heterocycles. The third kappa shape index (κ3) is 2.92. The molecule has 1 aromatic carbocycles. The minimum atomic E-state index is -0.888. The van der Waals surface area contributed by atoms with Crippen molar-refractivity contribution < 1.29 is 10.0 Å². The molecule has 1 aliphatic rings. The molecular weight excluding hydrogens is 254 g/mol. The summed E-state index contributed by atoms with van der Waals surface area (Å²) in [4.78, 5) is 12.7. The fourth-order valence-electron chi connectivity index (χ4n) is 2.80. The van der Waals surface area contributed by atoms with Crippen LogP contribution >= 0.6 is 0 Å². The molecular formula is C15H21N3O2. The lowest BCUT2D eigenvalue weighted by Gasteiger charge is -2.29. The number of benzene rings is 1. The average Bonchev–Trinajstić information content (AvgIpc) is 2.74. The Morgan fingerprint density at radius 3 is 2.30 bits per heavy atom. The molecule has 0 atom stereocenters. The highest BCUT2D eigenvalue weighted by Gasteiger charge is 2.43. The van der Waals surface area contributed by atoms with Crippen LogP contribution in [0.5, 0.6) is 0 Å². The summed E-state index contributed by atoms with van der Waals surface area (Å²) < 4.78 is 0. The van der Waals surface area contributed by atoms with E-state index in [1.165, 1.54) is 0 Å². The number of hydrogen-bond acceptors (Lipinski definition) is 3. The maximum absolute atomic E-state index is 12.7. The Balaban J connectivity index is 2.24. The summed E-state index contributed by atoms with van der Waals surface area (Å²) in [6, 6.07) is 9.27. The second kappa shape index (κ2) is 6.41. The largest absolute Gasteiger partial charge is 0.409 e. The van der Waals surface area contributed by atoms with Crippen LogP contribution in [0.15, 0.2) is 35.5 Å². The zero-order valence-electron chi connectivity index (χ0n) is 11.5. The zero-order valence-corrected chi connectivity index (χ0v) is 11.5. The SMILES string of the molecule is NC(=NO)C1(C(=O)Nc2ccccc2)CCCCCC1. The van der Waals surface area contributed by atoms with Crippen LogP contribution in [0.25, 0.3) is 0 Å². The highest BCUT2D eigenvalue weighted by Crippen LogP contribution is 2.36. The number of nitrogens with two attached hydrogens (primary N) is 1. The van der Waals surface area contributed by atoms with Crippen LogP contribution in [0.4, 0.5) is 5.69 Å². The smallest absolute Gasteiger partial charge is 0.238 e. The van der Waals surface area contributed by atoms with Gasteiger partial charge in [-0.15, -0.1) is 0 Å². The number of anilines is 1. The molecule has 5 heteroatoms. The van der Waals surface area contributed by atoms with Crippen molar-refractivity contribution in [3.63, 3.8) is 0 Å². The van der Waals surface area contributed by atoms with Gasteiger partial charge < -0.3 is 16.3 Å². The summed E-state index contributed by atoms with van der Waals surface area (Å²) in [6.45, 7) is 0. The van der Waals surface area contributed by atoms with Crippen LogP contribution in [0, 0.1) is 5.41 Å². The quantitative estimate of drug-likeness (QED) is 0.260. The number of rotatable bonds is 3. The van der Waals surface area contributed by atoms with Crippen molar-refractivity contribution in [2.24, 2.45) is 16.3 Å². The van der Waals surface area contributed by atoms with Crippen LogP contribution in [0.1, 0.15) is 38.5 Å². The number of amides is 1. The van der Waals surface area contributed by atoms with E-state index in [9.17, 15) is 4.79 Å². The minimum absolute atomic E-state index is 0.0211. The number of amidine groups is 1. The van der Waals surface area contributed by atoms with Crippen molar-refractivity contribution in [3.05, 3.63) is 30.3 Å². The lowest BCUT2D eigenvalue weighted by Crippen LogP contribution is -2.46. The molecule has 1 amide bonds. The fraction of sp³-hybridized carbons (Fsp3) is 0.467. The Kier molecular flexibility index (Phi) is 4.61. The summed E-state index contributed by atoms with van der Waals surface area (Å²) >= 11 is 0. The third-order valence-corrected chi connectivity index (χ3v) is 4.02. The lowest BCUT2D eigenvalue weighted by atomic mass is 9.78. The average molecular weight is 275 g/mol. The van der Waals surface area contributed by atoms with Crippen molar-refractivity contribution in [2.75, 3.05) is 5.32 Å². The van der Waals surface area contributed by atoms with Gasteiger partial charge in [-0.1, -0.05) is 49.0 Å². The maximum Gasteiger partial charge on any atom is 0.238 e. The van der Waals surface area contributed by atoms with Gasteiger partial charge >= 0.3 is 0 Å².